The Balaban J connectivity index is 1.35. The molecule has 0 bridgehead atoms. The third-order valence-corrected chi connectivity index (χ3v) is 6.64. The number of piperazine rings is 1. The summed E-state index contributed by atoms with van der Waals surface area (Å²) in [6.07, 6.45) is 2.64. The molecule has 2 fully saturated rings. The molecule has 1 heterocycles. The van der Waals surface area contributed by atoms with Gasteiger partial charge in [0.15, 0.2) is 11.5 Å². The Morgan fingerprint density at radius 3 is 1.87 bits per heavy atom. The van der Waals surface area contributed by atoms with Gasteiger partial charge in [-0.2, -0.15) is 0 Å². The molecular formula is C25H34N2O3. The Morgan fingerprint density at radius 2 is 1.37 bits per heavy atom. The van der Waals surface area contributed by atoms with E-state index in [0.717, 1.165) is 44.2 Å². The second-order valence-electron chi connectivity index (χ2n) is 8.73. The highest BCUT2D eigenvalue weighted by Crippen LogP contribution is 2.49. The van der Waals surface area contributed by atoms with Gasteiger partial charge in [0.1, 0.15) is 0 Å². The fraction of sp³-hybridized carbons (Fsp3) is 0.520. The molecule has 162 valence electrons. The minimum atomic E-state index is 0.395. The lowest BCUT2D eigenvalue weighted by molar-refractivity contribution is 0.119. The molecule has 1 aliphatic heterocycles. The van der Waals surface area contributed by atoms with E-state index in [0.29, 0.717) is 11.2 Å². The summed E-state index contributed by atoms with van der Waals surface area (Å²) in [5, 5.41) is 0. The highest BCUT2D eigenvalue weighted by Gasteiger charge is 2.45. The summed E-state index contributed by atoms with van der Waals surface area (Å²) in [7, 11) is 4.98. The molecule has 0 spiro atoms. The molecule has 5 heteroatoms. The molecule has 0 N–H and O–H groups in total. The Morgan fingerprint density at radius 1 is 0.800 bits per heavy atom. The van der Waals surface area contributed by atoms with Gasteiger partial charge >= 0.3 is 0 Å². The third kappa shape index (κ3) is 4.42. The Bertz CT molecular complexity index is 828. The Hall–Kier alpha value is -2.24. The van der Waals surface area contributed by atoms with Crippen LogP contribution in [0.2, 0.25) is 0 Å². The molecule has 2 aromatic carbocycles. The molecule has 4 rings (SSSR count). The number of methoxy groups -OCH3 is 3. The first-order valence-electron chi connectivity index (χ1n) is 10.9. The average molecular weight is 411 g/mol. The fourth-order valence-electron chi connectivity index (χ4n) is 4.61. The van der Waals surface area contributed by atoms with E-state index in [1.807, 2.05) is 0 Å². The van der Waals surface area contributed by atoms with Gasteiger partial charge in [-0.3, -0.25) is 9.80 Å². The molecule has 0 aromatic heterocycles. The minimum absolute atomic E-state index is 0.395. The molecule has 1 aliphatic carbocycles. The topological polar surface area (TPSA) is 34.2 Å². The van der Waals surface area contributed by atoms with Crippen molar-refractivity contribution >= 4 is 0 Å². The minimum Gasteiger partial charge on any atom is -0.493 e. The number of hydrogen-bond acceptors (Lipinski definition) is 5. The zero-order valence-electron chi connectivity index (χ0n) is 18.7. The summed E-state index contributed by atoms with van der Waals surface area (Å²) >= 11 is 0. The van der Waals surface area contributed by atoms with E-state index >= 15 is 0 Å². The first kappa shape index (κ1) is 21.0. The van der Waals surface area contributed by atoms with Gasteiger partial charge in [0.2, 0.25) is 5.75 Å². The molecule has 2 aromatic rings. The lowest BCUT2D eigenvalue weighted by Gasteiger charge is -2.37. The van der Waals surface area contributed by atoms with Crippen LogP contribution >= 0.6 is 0 Å². The van der Waals surface area contributed by atoms with Crippen LogP contribution in [-0.4, -0.2) is 63.9 Å². The average Bonchev–Trinajstić information content (AvgIpc) is 3.55. The van der Waals surface area contributed by atoms with E-state index in [1.165, 1.54) is 36.1 Å². The van der Waals surface area contributed by atoms with Crippen molar-refractivity contribution in [2.24, 2.45) is 0 Å². The van der Waals surface area contributed by atoms with Crippen molar-refractivity contribution in [2.75, 3.05) is 54.1 Å². The summed E-state index contributed by atoms with van der Waals surface area (Å²) in [6, 6.07) is 13.3. The van der Waals surface area contributed by atoms with Gasteiger partial charge in [0.05, 0.1) is 21.3 Å². The zero-order valence-corrected chi connectivity index (χ0v) is 18.7. The largest absolute Gasteiger partial charge is 0.493 e. The molecule has 0 unspecified atom stereocenters. The molecule has 0 amide bonds. The van der Waals surface area contributed by atoms with E-state index in [-0.39, 0.29) is 0 Å². The van der Waals surface area contributed by atoms with Crippen LogP contribution in [0.15, 0.2) is 36.4 Å². The number of nitrogens with zero attached hydrogens (tertiary/aromatic N) is 2. The van der Waals surface area contributed by atoms with E-state index in [2.05, 4.69) is 53.1 Å². The molecule has 1 saturated heterocycles. The van der Waals surface area contributed by atoms with Crippen LogP contribution < -0.4 is 14.2 Å². The Kier molecular flexibility index (Phi) is 6.21. The summed E-state index contributed by atoms with van der Waals surface area (Å²) in [6.45, 7) is 8.66. The predicted octanol–water partition coefficient (Wildman–Crippen LogP) is 3.87. The lowest BCUT2D eigenvalue weighted by Crippen LogP contribution is -2.48. The van der Waals surface area contributed by atoms with Crippen LogP contribution in [0.4, 0.5) is 0 Å². The number of ether oxygens (including phenoxy) is 3. The maximum absolute atomic E-state index is 5.51. The predicted molar refractivity (Wildman–Crippen MR) is 120 cm³/mol. The van der Waals surface area contributed by atoms with Crippen molar-refractivity contribution < 1.29 is 14.2 Å². The second kappa shape index (κ2) is 8.86. The van der Waals surface area contributed by atoms with E-state index in [4.69, 9.17) is 14.2 Å². The SMILES string of the molecule is COc1cc(CN2CCN(CC3(c4ccc(C)cc4)CC3)CC2)cc(OC)c1OC. The number of rotatable bonds is 8. The third-order valence-electron chi connectivity index (χ3n) is 6.64. The molecule has 30 heavy (non-hydrogen) atoms. The van der Waals surface area contributed by atoms with E-state index < -0.39 is 0 Å². The van der Waals surface area contributed by atoms with Gasteiger partial charge in [0.25, 0.3) is 0 Å². The maximum Gasteiger partial charge on any atom is 0.203 e. The van der Waals surface area contributed by atoms with Crippen LogP contribution in [0, 0.1) is 6.92 Å². The van der Waals surface area contributed by atoms with Crippen LogP contribution in [-0.2, 0) is 12.0 Å². The van der Waals surface area contributed by atoms with Crippen LogP contribution in [0.25, 0.3) is 0 Å². The highest BCUT2D eigenvalue weighted by atomic mass is 16.5. The number of hydrogen-bond donors (Lipinski definition) is 0. The zero-order chi connectivity index (χ0) is 21.1. The van der Waals surface area contributed by atoms with Crippen LogP contribution in [0.3, 0.4) is 0 Å². The van der Waals surface area contributed by atoms with Gasteiger partial charge in [-0.05, 0) is 43.0 Å². The van der Waals surface area contributed by atoms with Crippen molar-refractivity contribution in [1.82, 2.24) is 9.80 Å². The lowest BCUT2D eigenvalue weighted by atomic mass is 9.94. The maximum atomic E-state index is 5.51. The van der Waals surface area contributed by atoms with Gasteiger partial charge in [-0.15, -0.1) is 0 Å². The molecule has 1 saturated carbocycles. The number of aryl methyl sites for hydroxylation is 1. The standard InChI is InChI=1S/C25H34N2O3/c1-19-5-7-21(8-6-19)25(9-10-25)18-27-13-11-26(12-14-27)17-20-15-22(28-2)24(30-4)23(16-20)29-3/h5-8,15-16H,9-14,17-18H2,1-4H3. The quantitative estimate of drug-likeness (QED) is 0.660. The summed E-state index contributed by atoms with van der Waals surface area (Å²) < 4.78 is 16.5. The normalized spacial score (nSPS) is 18.8. The van der Waals surface area contributed by atoms with E-state index in [1.54, 1.807) is 21.3 Å². The molecular weight excluding hydrogens is 376 g/mol. The fourth-order valence-corrected chi connectivity index (χ4v) is 4.61. The Labute approximate surface area is 180 Å². The first-order chi connectivity index (χ1) is 14.6. The smallest absolute Gasteiger partial charge is 0.203 e. The van der Waals surface area contributed by atoms with Crippen molar-refractivity contribution in [3.8, 4) is 17.2 Å². The molecule has 0 atom stereocenters. The molecule has 5 nitrogen and oxygen atoms in total. The summed E-state index contributed by atoms with van der Waals surface area (Å²) in [4.78, 5) is 5.17. The monoisotopic (exact) mass is 410 g/mol. The van der Waals surface area contributed by atoms with Gasteiger partial charge < -0.3 is 14.2 Å². The molecule has 2 aliphatic rings. The van der Waals surface area contributed by atoms with Crippen molar-refractivity contribution in [3.05, 3.63) is 53.1 Å². The van der Waals surface area contributed by atoms with Gasteiger partial charge in [-0.25, -0.2) is 0 Å². The van der Waals surface area contributed by atoms with Crippen LogP contribution in [0.1, 0.15) is 29.5 Å². The number of benzene rings is 2. The highest BCUT2D eigenvalue weighted by molar-refractivity contribution is 5.53. The molecule has 0 radical (unpaired) electrons. The van der Waals surface area contributed by atoms with Crippen molar-refractivity contribution in [2.45, 2.75) is 31.7 Å². The second-order valence-corrected chi connectivity index (χ2v) is 8.73. The van der Waals surface area contributed by atoms with Crippen LogP contribution in [0.5, 0.6) is 17.2 Å². The summed E-state index contributed by atoms with van der Waals surface area (Å²) in [5.74, 6) is 2.10. The summed E-state index contributed by atoms with van der Waals surface area (Å²) in [5.41, 5.74) is 4.45. The van der Waals surface area contributed by atoms with Gasteiger partial charge in [0, 0.05) is 44.7 Å². The van der Waals surface area contributed by atoms with Gasteiger partial charge in [-0.1, -0.05) is 29.8 Å². The van der Waals surface area contributed by atoms with Crippen molar-refractivity contribution in [3.63, 3.8) is 0 Å². The first-order valence-corrected chi connectivity index (χ1v) is 10.9. The van der Waals surface area contributed by atoms with Crippen molar-refractivity contribution in [1.29, 1.82) is 0 Å². The van der Waals surface area contributed by atoms with E-state index in [9.17, 15) is 0 Å².